The molecule has 1 aliphatic heterocycles. The zero-order chi connectivity index (χ0) is 16.2. The van der Waals surface area contributed by atoms with E-state index in [-0.39, 0.29) is 5.82 Å². The van der Waals surface area contributed by atoms with E-state index in [1.807, 2.05) is 4.68 Å². The normalized spacial score (nSPS) is 22.9. The summed E-state index contributed by atoms with van der Waals surface area (Å²) in [5.74, 6) is 0.716. The molecule has 1 saturated heterocycles. The number of benzene rings is 1. The molecule has 1 fully saturated rings. The van der Waals surface area contributed by atoms with Gasteiger partial charge in [-0.25, -0.2) is 9.07 Å². The highest BCUT2D eigenvalue weighted by molar-refractivity contribution is 5.16. The number of aromatic nitrogens is 4. The summed E-state index contributed by atoms with van der Waals surface area (Å²) >= 11 is 0. The van der Waals surface area contributed by atoms with Crippen LogP contribution in [-0.2, 0) is 6.54 Å². The van der Waals surface area contributed by atoms with Gasteiger partial charge in [0.15, 0.2) is 0 Å². The fourth-order valence-electron chi connectivity index (χ4n) is 3.34. The molecule has 0 bridgehead atoms. The molecule has 1 aliphatic rings. The molecular formula is C16H25FN6+2. The molecule has 2 heterocycles. The molecule has 0 spiro atoms. The third kappa shape index (κ3) is 3.73. The standard InChI is InChI=1S/C16H23FN6/c1-3-15(22-10-8-21(2)9-11-22)16-18-19-20-23(16)12-13-4-6-14(17)7-5-13/h4-7,15H,3,8-12H2,1-2H3/p+2/t15-/m1/s1. The topological polar surface area (TPSA) is 52.5 Å². The number of nitrogens with zero attached hydrogens (tertiary/aromatic N) is 4. The highest BCUT2D eigenvalue weighted by Gasteiger charge is 2.31. The molecule has 6 nitrogen and oxygen atoms in total. The second-order valence-electron chi connectivity index (χ2n) is 6.40. The molecule has 2 aromatic rings. The van der Waals surface area contributed by atoms with Crippen LogP contribution in [0.15, 0.2) is 24.3 Å². The monoisotopic (exact) mass is 320 g/mol. The van der Waals surface area contributed by atoms with Crippen molar-refractivity contribution in [2.24, 2.45) is 0 Å². The zero-order valence-electron chi connectivity index (χ0n) is 13.8. The highest BCUT2D eigenvalue weighted by atomic mass is 19.1. The largest absolute Gasteiger partial charge is 0.328 e. The van der Waals surface area contributed by atoms with Crippen LogP contribution >= 0.6 is 0 Å². The third-order valence-electron chi connectivity index (χ3n) is 4.76. The Morgan fingerprint density at radius 2 is 1.87 bits per heavy atom. The molecule has 124 valence electrons. The predicted molar refractivity (Wildman–Crippen MR) is 83.7 cm³/mol. The van der Waals surface area contributed by atoms with Crippen molar-refractivity contribution in [3.05, 3.63) is 41.5 Å². The Hall–Kier alpha value is -1.86. The smallest absolute Gasteiger partial charge is 0.209 e. The van der Waals surface area contributed by atoms with Gasteiger partial charge < -0.3 is 9.80 Å². The number of tetrazole rings is 1. The van der Waals surface area contributed by atoms with Gasteiger partial charge >= 0.3 is 0 Å². The van der Waals surface area contributed by atoms with Crippen LogP contribution in [0.3, 0.4) is 0 Å². The van der Waals surface area contributed by atoms with Crippen LogP contribution in [-0.4, -0.2) is 53.4 Å². The van der Waals surface area contributed by atoms with Crippen molar-refractivity contribution in [2.45, 2.75) is 25.9 Å². The van der Waals surface area contributed by atoms with Crippen LogP contribution in [0.2, 0.25) is 0 Å². The zero-order valence-corrected chi connectivity index (χ0v) is 13.8. The maximum absolute atomic E-state index is 13.0. The van der Waals surface area contributed by atoms with Crippen LogP contribution in [0.4, 0.5) is 4.39 Å². The van der Waals surface area contributed by atoms with Crippen molar-refractivity contribution in [1.29, 1.82) is 0 Å². The second-order valence-corrected chi connectivity index (χ2v) is 6.40. The van der Waals surface area contributed by atoms with Gasteiger partial charge in [-0.05, 0) is 28.1 Å². The highest BCUT2D eigenvalue weighted by Crippen LogP contribution is 2.12. The Labute approximate surface area is 135 Å². The van der Waals surface area contributed by atoms with Crippen LogP contribution in [0.25, 0.3) is 0 Å². The molecule has 1 aromatic heterocycles. The van der Waals surface area contributed by atoms with Gasteiger partial charge in [0, 0.05) is 6.42 Å². The number of likely N-dealkylation sites (N-methyl/N-ethyl adjacent to an activating group) is 1. The maximum atomic E-state index is 13.0. The summed E-state index contributed by atoms with van der Waals surface area (Å²) in [6, 6.07) is 6.84. The van der Waals surface area contributed by atoms with E-state index in [2.05, 4.69) is 29.5 Å². The maximum Gasteiger partial charge on any atom is 0.209 e. The van der Waals surface area contributed by atoms with E-state index in [1.54, 1.807) is 21.9 Å². The summed E-state index contributed by atoms with van der Waals surface area (Å²) in [4.78, 5) is 3.16. The SMILES string of the molecule is CC[C@H](c1nnnn1Cc1ccc(F)cc1)[NH+]1CC[NH+](C)CC1. The molecule has 1 aromatic carbocycles. The van der Waals surface area contributed by atoms with Crippen molar-refractivity contribution in [3.8, 4) is 0 Å². The number of quaternary nitrogens is 2. The van der Waals surface area contributed by atoms with Crippen molar-refractivity contribution < 1.29 is 14.2 Å². The molecular weight excluding hydrogens is 295 g/mol. The lowest BCUT2D eigenvalue weighted by atomic mass is 10.1. The minimum absolute atomic E-state index is 0.221. The first kappa shape index (κ1) is 16.0. The van der Waals surface area contributed by atoms with Gasteiger partial charge in [0.2, 0.25) is 5.82 Å². The number of rotatable bonds is 5. The molecule has 2 N–H and O–H groups in total. The van der Waals surface area contributed by atoms with E-state index in [0.29, 0.717) is 12.6 Å². The first-order valence-corrected chi connectivity index (χ1v) is 8.33. The third-order valence-corrected chi connectivity index (χ3v) is 4.76. The molecule has 0 unspecified atom stereocenters. The number of nitrogens with one attached hydrogen (secondary N) is 2. The number of hydrogen-bond acceptors (Lipinski definition) is 3. The minimum Gasteiger partial charge on any atom is -0.328 e. The Balaban J connectivity index is 1.76. The summed E-state index contributed by atoms with van der Waals surface area (Å²) < 4.78 is 14.9. The van der Waals surface area contributed by atoms with Gasteiger partial charge in [-0.3, -0.25) is 0 Å². The van der Waals surface area contributed by atoms with Crippen molar-refractivity contribution in [3.63, 3.8) is 0 Å². The Kier molecular flexibility index (Phi) is 4.97. The van der Waals surface area contributed by atoms with Crippen LogP contribution < -0.4 is 9.80 Å². The summed E-state index contributed by atoms with van der Waals surface area (Å²) in [6.45, 7) is 7.44. The molecule has 0 saturated carbocycles. The first-order valence-electron chi connectivity index (χ1n) is 8.33. The molecule has 0 radical (unpaired) electrons. The van der Waals surface area contributed by atoms with Crippen LogP contribution in [0, 0.1) is 5.82 Å². The quantitative estimate of drug-likeness (QED) is 0.722. The van der Waals surface area contributed by atoms with Crippen LogP contribution in [0.5, 0.6) is 0 Å². The van der Waals surface area contributed by atoms with E-state index in [1.165, 1.54) is 25.2 Å². The number of halogens is 1. The Morgan fingerprint density at radius 1 is 1.17 bits per heavy atom. The molecule has 7 heteroatoms. The Bertz CT molecular complexity index is 618. The minimum atomic E-state index is -0.221. The molecule has 0 amide bonds. The fraction of sp³-hybridized carbons (Fsp3) is 0.562. The molecule has 0 aliphatic carbocycles. The summed E-state index contributed by atoms with van der Waals surface area (Å²) in [6.07, 6.45) is 1.01. The molecule has 3 rings (SSSR count). The molecule has 23 heavy (non-hydrogen) atoms. The fourth-order valence-corrected chi connectivity index (χ4v) is 3.34. The van der Waals surface area contributed by atoms with E-state index in [9.17, 15) is 4.39 Å². The van der Waals surface area contributed by atoms with Gasteiger partial charge in [-0.15, -0.1) is 5.10 Å². The molecule has 1 atom stereocenters. The first-order chi connectivity index (χ1) is 11.2. The number of hydrogen-bond donors (Lipinski definition) is 2. The van der Waals surface area contributed by atoms with Crippen molar-refractivity contribution >= 4 is 0 Å². The van der Waals surface area contributed by atoms with E-state index in [0.717, 1.165) is 30.9 Å². The number of piperazine rings is 1. The second kappa shape index (κ2) is 7.14. The average Bonchev–Trinajstić information content (AvgIpc) is 3.00. The van der Waals surface area contributed by atoms with Gasteiger partial charge in [0.1, 0.15) is 38.0 Å². The van der Waals surface area contributed by atoms with Crippen LogP contribution in [0.1, 0.15) is 30.8 Å². The lowest BCUT2D eigenvalue weighted by Gasteiger charge is -2.32. The van der Waals surface area contributed by atoms with Crippen molar-refractivity contribution in [1.82, 2.24) is 20.2 Å². The lowest BCUT2D eigenvalue weighted by Crippen LogP contribution is -3.27. The van der Waals surface area contributed by atoms with E-state index < -0.39 is 0 Å². The van der Waals surface area contributed by atoms with Gasteiger partial charge in [0.25, 0.3) is 0 Å². The lowest BCUT2D eigenvalue weighted by molar-refractivity contribution is -1.02. The summed E-state index contributed by atoms with van der Waals surface area (Å²) in [5, 5.41) is 12.3. The summed E-state index contributed by atoms with van der Waals surface area (Å²) in [7, 11) is 2.25. The van der Waals surface area contributed by atoms with E-state index >= 15 is 0 Å². The Morgan fingerprint density at radius 3 is 2.52 bits per heavy atom. The average molecular weight is 320 g/mol. The van der Waals surface area contributed by atoms with Crippen molar-refractivity contribution in [2.75, 3.05) is 33.2 Å². The van der Waals surface area contributed by atoms with E-state index in [4.69, 9.17) is 0 Å². The predicted octanol–water partition coefficient (Wildman–Crippen LogP) is -1.28. The van der Waals surface area contributed by atoms with Gasteiger partial charge in [-0.2, -0.15) is 0 Å². The summed E-state index contributed by atoms with van der Waals surface area (Å²) in [5.41, 5.74) is 1.01. The van der Waals surface area contributed by atoms with Gasteiger partial charge in [-0.1, -0.05) is 19.1 Å². The van der Waals surface area contributed by atoms with Gasteiger partial charge in [0.05, 0.1) is 13.6 Å².